The van der Waals surface area contributed by atoms with Crippen molar-refractivity contribution in [2.45, 2.75) is 52.3 Å². The molecule has 0 rings (SSSR count). The van der Waals surface area contributed by atoms with E-state index in [1.165, 1.54) is 12.8 Å². The zero-order chi connectivity index (χ0) is 8.85. The van der Waals surface area contributed by atoms with Crippen molar-refractivity contribution in [3.8, 4) is 0 Å². The highest BCUT2D eigenvalue weighted by Gasteiger charge is 2.09. The Hall–Kier alpha value is 0.290. The van der Waals surface area contributed by atoms with Gasteiger partial charge in [0.2, 0.25) is 0 Å². The Bertz CT molecular complexity index is 88.9. The van der Waals surface area contributed by atoms with E-state index in [0.29, 0.717) is 5.38 Å². The summed E-state index contributed by atoms with van der Waals surface area (Å²) in [6.07, 6.45) is 3.59. The molecule has 2 atom stereocenters. The first-order valence-corrected chi connectivity index (χ1v) is 5.14. The zero-order valence-corrected chi connectivity index (χ0v) is 8.99. The van der Waals surface area contributed by atoms with E-state index in [4.69, 9.17) is 11.6 Å². The SMILES string of the molecule is CCC(Cl)CC(C)CC(C)C. The monoisotopic (exact) mass is 176 g/mol. The molecular weight excluding hydrogens is 156 g/mol. The summed E-state index contributed by atoms with van der Waals surface area (Å²) in [5, 5.41) is 0.392. The fraction of sp³-hybridized carbons (Fsp3) is 1.00. The molecular formula is C10H21Cl. The van der Waals surface area contributed by atoms with E-state index in [1.807, 2.05) is 0 Å². The first kappa shape index (κ1) is 11.3. The molecule has 0 aromatic heterocycles. The Kier molecular flexibility index (Phi) is 6.03. The largest absolute Gasteiger partial charge is 0.123 e. The number of hydrogen-bond acceptors (Lipinski definition) is 0. The van der Waals surface area contributed by atoms with Gasteiger partial charge in [-0.15, -0.1) is 11.6 Å². The molecule has 0 aliphatic rings. The van der Waals surface area contributed by atoms with Crippen LogP contribution >= 0.6 is 11.6 Å². The van der Waals surface area contributed by atoms with Gasteiger partial charge in [-0.2, -0.15) is 0 Å². The minimum Gasteiger partial charge on any atom is -0.123 e. The number of halogens is 1. The summed E-state index contributed by atoms with van der Waals surface area (Å²) in [6.45, 7) is 8.99. The van der Waals surface area contributed by atoms with Crippen molar-refractivity contribution < 1.29 is 0 Å². The summed E-state index contributed by atoms with van der Waals surface area (Å²) in [6, 6.07) is 0. The van der Waals surface area contributed by atoms with Crippen LogP contribution in [0.1, 0.15) is 47.0 Å². The van der Waals surface area contributed by atoms with Gasteiger partial charge in [0.1, 0.15) is 0 Å². The van der Waals surface area contributed by atoms with E-state index < -0.39 is 0 Å². The zero-order valence-electron chi connectivity index (χ0n) is 8.23. The van der Waals surface area contributed by atoms with Crippen molar-refractivity contribution >= 4 is 11.6 Å². The quantitative estimate of drug-likeness (QED) is 0.554. The van der Waals surface area contributed by atoms with Gasteiger partial charge < -0.3 is 0 Å². The normalized spacial score (nSPS) is 16.9. The van der Waals surface area contributed by atoms with Crippen LogP contribution in [0.25, 0.3) is 0 Å². The van der Waals surface area contributed by atoms with Gasteiger partial charge in [0.05, 0.1) is 0 Å². The van der Waals surface area contributed by atoms with Crippen LogP contribution in [0.4, 0.5) is 0 Å². The minimum atomic E-state index is 0.392. The smallest absolute Gasteiger partial charge is 0.0336 e. The first-order valence-electron chi connectivity index (χ1n) is 4.70. The lowest BCUT2D eigenvalue weighted by Gasteiger charge is -2.16. The second-order valence-corrected chi connectivity index (χ2v) is 4.59. The molecule has 0 aromatic carbocycles. The maximum atomic E-state index is 6.04. The van der Waals surface area contributed by atoms with Crippen molar-refractivity contribution in [2.24, 2.45) is 11.8 Å². The molecule has 0 nitrogen and oxygen atoms in total. The summed E-state index contributed by atoms with van der Waals surface area (Å²) in [5.41, 5.74) is 0. The molecule has 0 radical (unpaired) electrons. The molecule has 0 aliphatic carbocycles. The third kappa shape index (κ3) is 6.68. The summed E-state index contributed by atoms with van der Waals surface area (Å²) < 4.78 is 0. The third-order valence-electron chi connectivity index (χ3n) is 1.97. The molecule has 0 fully saturated rings. The van der Waals surface area contributed by atoms with Crippen LogP contribution in [0.15, 0.2) is 0 Å². The van der Waals surface area contributed by atoms with Crippen LogP contribution in [-0.2, 0) is 0 Å². The van der Waals surface area contributed by atoms with Crippen molar-refractivity contribution in [1.29, 1.82) is 0 Å². The second-order valence-electron chi connectivity index (χ2n) is 3.98. The van der Waals surface area contributed by atoms with Crippen LogP contribution in [0.5, 0.6) is 0 Å². The standard InChI is InChI=1S/C10H21Cl/c1-5-10(11)7-9(4)6-8(2)3/h8-10H,5-7H2,1-4H3. The van der Waals surface area contributed by atoms with E-state index in [2.05, 4.69) is 27.7 Å². The summed E-state index contributed by atoms with van der Waals surface area (Å²) in [7, 11) is 0. The predicted octanol–water partition coefficient (Wildman–Crippen LogP) is 4.08. The lowest BCUT2D eigenvalue weighted by molar-refractivity contribution is 0.407. The molecule has 2 unspecified atom stereocenters. The third-order valence-corrected chi connectivity index (χ3v) is 2.46. The predicted molar refractivity (Wildman–Crippen MR) is 53.2 cm³/mol. The molecule has 68 valence electrons. The first-order chi connectivity index (χ1) is 5.06. The Morgan fingerprint density at radius 2 is 1.64 bits per heavy atom. The van der Waals surface area contributed by atoms with E-state index in [1.54, 1.807) is 0 Å². The molecule has 11 heavy (non-hydrogen) atoms. The van der Waals surface area contributed by atoms with Crippen LogP contribution in [0.2, 0.25) is 0 Å². The van der Waals surface area contributed by atoms with Crippen molar-refractivity contribution in [1.82, 2.24) is 0 Å². The molecule has 0 spiro atoms. The topological polar surface area (TPSA) is 0 Å². The molecule has 0 heterocycles. The number of hydrogen-bond donors (Lipinski definition) is 0. The van der Waals surface area contributed by atoms with E-state index in [0.717, 1.165) is 18.3 Å². The average molecular weight is 177 g/mol. The highest BCUT2D eigenvalue weighted by molar-refractivity contribution is 6.20. The second kappa shape index (κ2) is 5.88. The maximum Gasteiger partial charge on any atom is 0.0336 e. The lowest BCUT2D eigenvalue weighted by Crippen LogP contribution is -2.07. The number of alkyl halides is 1. The van der Waals surface area contributed by atoms with E-state index >= 15 is 0 Å². The fourth-order valence-corrected chi connectivity index (χ4v) is 1.81. The summed E-state index contributed by atoms with van der Waals surface area (Å²) in [5.74, 6) is 1.60. The Balaban J connectivity index is 3.43. The van der Waals surface area contributed by atoms with Crippen molar-refractivity contribution in [3.05, 3.63) is 0 Å². The van der Waals surface area contributed by atoms with Crippen LogP contribution in [0, 0.1) is 11.8 Å². The summed E-state index contributed by atoms with van der Waals surface area (Å²) in [4.78, 5) is 0. The molecule has 1 heteroatoms. The molecule has 0 N–H and O–H groups in total. The molecule has 0 amide bonds. The molecule has 0 aromatic rings. The van der Waals surface area contributed by atoms with Gasteiger partial charge in [0, 0.05) is 5.38 Å². The van der Waals surface area contributed by atoms with Gasteiger partial charge in [0.15, 0.2) is 0 Å². The van der Waals surface area contributed by atoms with Gasteiger partial charge in [-0.25, -0.2) is 0 Å². The van der Waals surface area contributed by atoms with Gasteiger partial charge in [-0.05, 0) is 31.1 Å². The Labute approximate surface area is 76.3 Å². The highest BCUT2D eigenvalue weighted by Crippen LogP contribution is 2.20. The van der Waals surface area contributed by atoms with Gasteiger partial charge in [-0.1, -0.05) is 27.7 Å². The van der Waals surface area contributed by atoms with E-state index in [9.17, 15) is 0 Å². The molecule has 0 bridgehead atoms. The van der Waals surface area contributed by atoms with Gasteiger partial charge in [0.25, 0.3) is 0 Å². The Morgan fingerprint density at radius 1 is 1.09 bits per heavy atom. The van der Waals surface area contributed by atoms with Crippen LogP contribution in [-0.4, -0.2) is 5.38 Å². The van der Waals surface area contributed by atoms with Crippen molar-refractivity contribution in [2.75, 3.05) is 0 Å². The van der Waals surface area contributed by atoms with Crippen molar-refractivity contribution in [3.63, 3.8) is 0 Å². The van der Waals surface area contributed by atoms with Gasteiger partial charge >= 0.3 is 0 Å². The van der Waals surface area contributed by atoms with Crippen LogP contribution in [0.3, 0.4) is 0 Å². The fourth-order valence-electron chi connectivity index (χ4n) is 1.50. The minimum absolute atomic E-state index is 0.392. The molecule has 0 saturated carbocycles. The average Bonchev–Trinajstić information content (AvgIpc) is 1.85. The lowest BCUT2D eigenvalue weighted by atomic mass is 9.94. The molecule has 0 saturated heterocycles. The highest BCUT2D eigenvalue weighted by atomic mass is 35.5. The van der Waals surface area contributed by atoms with E-state index in [-0.39, 0.29) is 0 Å². The Morgan fingerprint density at radius 3 is 2.00 bits per heavy atom. The van der Waals surface area contributed by atoms with Gasteiger partial charge in [-0.3, -0.25) is 0 Å². The summed E-state index contributed by atoms with van der Waals surface area (Å²) >= 11 is 6.04. The maximum absolute atomic E-state index is 6.04. The number of rotatable bonds is 5. The van der Waals surface area contributed by atoms with Crippen LogP contribution < -0.4 is 0 Å². The molecule has 0 aliphatic heterocycles.